The first-order valence-electron chi connectivity index (χ1n) is 11.7. The van der Waals surface area contributed by atoms with Gasteiger partial charge in [-0.05, 0) is 92.9 Å². The van der Waals surface area contributed by atoms with E-state index in [-0.39, 0.29) is 11.3 Å². The van der Waals surface area contributed by atoms with Gasteiger partial charge in [0.15, 0.2) is 5.78 Å². The third kappa shape index (κ3) is 3.05. The van der Waals surface area contributed by atoms with E-state index in [9.17, 15) is 9.90 Å². The fraction of sp³-hybridized carbons (Fsp3) is 0.760. The first kappa shape index (κ1) is 19.5. The van der Waals surface area contributed by atoms with E-state index in [4.69, 9.17) is 0 Å². The second-order valence-corrected chi connectivity index (χ2v) is 11.1. The van der Waals surface area contributed by atoms with Gasteiger partial charge >= 0.3 is 0 Å². The molecule has 3 fully saturated rings. The highest BCUT2D eigenvalue weighted by atomic mass is 16.3. The Morgan fingerprint density at radius 3 is 2.86 bits per heavy atom. The maximum Gasteiger partial charge on any atom is 0.157 e. The van der Waals surface area contributed by atoms with E-state index in [1.807, 2.05) is 19.2 Å². The smallest absolute Gasteiger partial charge is 0.157 e. The van der Waals surface area contributed by atoms with Crippen LogP contribution in [0.15, 0.2) is 30.1 Å². The topological polar surface area (TPSA) is 55.1 Å². The minimum Gasteiger partial charge on any atom is -0.390 e. The zero-order valence-corrected chi connectivity index (χ0v) is 18.2. The average Bonchev–Trinajstić information content (AvgIpc) is 3.29. The molecule has 0 bridgehead atoms. The van der Waals surface area contributed by atoms with Crippen LogP contribution in [-0.4, -0.2) is 26.3 Å². The van der Waals surface area contributed by atoms with Gasteiger partial charge in [-0.25, -0.2) is 0 Å². The molecule has 4 aliphatic rings. The summed E-state index contributed by atoms with van der Waals surface area (Å²) >= 11 is 0. The Kier molecular flexibility index (Phi) is 4.58. The zero-order chi connectivity index (χ0) is 20.4. The van der Waals surface area contributed by atoms with E-state index in [0.29, 0.717) is 30.1 Å². The Morgan fingerprint density at radius 1 is 1.28 bits per heavy atom. The Labute approximate surface area is 174 Å². The van der Waals surface area contributed by atoms with Crippen LogP contribution in [0.1, 0.15) is 65.7 Å². The number of fused-ring (bicyclic) bond motifs is 5. The summed E-state index contributed by atoms with van der Waals surface area (Å²) in [6, 6.07) is 1.89. The number of carbonyl (C=O) groups is 1. The summed E-state index contributed by atoms with van der Waals surface area (Å²) in [6.07, 6.45) is 14.0. The molecule has 0 saturated heterocycles. The molecular formula is C25H36N2O2. The lowest BCUT2D eigenvalue weighted by molar-refractivity contribution is -0.130. The van der Waals surface area contributed by atoms with Crippen LogP contribution in [0.25, 0.3) is 0 Å². The van der Waals surface area contributed by atoms with Gasteiger partial charge in [-0.3, -0.25) is 9.48 Å². The fourth-order valence-corrected chi connectivity index (χ4v) is 7.81. The summed E-state index contributed by atoms with van der Waals surface area (Å²) < 4.78 is 1.79. The minimum atomic E-state index is -0.546. The molecule has 0 radical (unpaired) electrons. The van der Waals surface area contributed by atoms with Gasteiger partial charge in [0.1, 0.15) is 0 Å². The monoisotopic (exact) mass is 396 g/mol. The minimum absolute atomic E-state index is 0.155. The number of aliphatic hydroxyl groups is 1. The second kappa shape index (κ2) is 6.80. The quantitative estimate of drug-likeness (QED) is 0.758. The number of carbonyl (C=O) groups excluding carboxylic acids is 1. The standard InChI is InChI=1S/C25H36N2O2/c1-16-13-20-17(14-25(16,3)29)5-6-19-18(20)9-10-24(2)21(19)7-8-22(24)23(28)15-27-12-4-11-26-27/h4-5,11-12,16,18-22,29H,6-10,13-15H2,1-3H3. The van der Waals surface area contributed by atoms with E-state index in [1.165, 1.54) is 24.8 Å². The third-order valence-electron chi connectivity index (χ3n) is 9.63. The molecular weight excluding hydrogens is 360 g/mol. The normalized spacial score (nSPS) is 46.4. The fourth-order valence-electron chi connectivity index (χ4n) is 7.81. The molecule has 29 heavy (non-hydrogen) atoms. The average molecular weight is 397 g/mol. The van der Waals surface area contributed by atoms with Crippen LogP contribution < -0.4 is 0 Å². The van der Waals surface area contributed by atoms with Crippen LogP contribution in [-0.2, 0) is 11.3 Å². The first-order chi connectivity index (χ1) is 13.8. The van der Waals surface area contributed by atoms with Gasteiger partial charge in [0, 0.05) is 18.3 Å². The molecule has 158 valence electrons. The third-order valence-corrected chi connectivity index (χ3v) is 9.63. The number of hydrogen-bond acceptors (Lipinski definition) is 3. The number of nitrogens with zero attached hydrogens (tertiary/aromatic N) is 2. The number of aromatic nitrogens is 2. The highest BCUT2D eigenvalue weighted by Crippen LogP contribution is 2.64. The van der Waals surface area contributed by atoms with Gasteiger partial charge in [-0.2, -0.15) is 5.10 Å². The predicted molar refractivity (Wildman–Crippen MR) is 113 cm³/mol. The molecule has 0 aliphatic heterocycles. The molecule has 4 aliphatic carbocycles. The number of allylic oxidation sites excluding steroid dienone is 1. The molecule has 0 aromatic carbocycles. The maximum absolute atomic E-state index is 13.2. The Balaban J connectivity index is 1.36. The van der Waals surface area contributed by atoms with Crippen molar-refractivity contribution in [3.63, 3.8) is 0 Å². The van der Waals surface area contributed by atoms with E-state index < -0.39 is 5.60 Å². The van der Waals surface area contributed by atoms with Gasteiger partial charge < -0.3 is 5.11 Å². The molecule has 8 atom stereocenters. The van der Waals surface area contributed by atoms with Crippen molar-refractivity contribution in [3.8, 4) is 0 Å². The van der Waals surface area contributed by atoms with Crippen LogP contribution in [0.4, 0.5) is 0 Å². The predicted octanol–water partition coefficient (Wildman–Crippen LogP) is 4.64. The van der Waals surface area contributed by atoms with E-state index in [1.54, 1.807) is 10.9 Å². The molecule has 1 heterocycles. The van der Waals surface area contributed by atoms with Crippen LogP contribution in [0, 0.1) is 40.9 Å². The summed E-state index contributed by atoms with van der Waals surface area (Å²) in [7, 11) is 0. The van der Waals surface area contributed by atoms with Crippen molar-refractivity contribution in [2.75, 3.05) is 0 Å². The number of Topliss-reactive ketones (excluding diaryl/α,β-unsaturated/α-hetero) is 1. The molecule has 1 N–H and O–H groups in total. The first-order valence-corrected chi connectivity index (χ1v) is 11.7. The van der Waals surface area contributed by atoms with Crippen LogP contribution in [0.2, 0.25) is 0 Å². The highest BCUT2D eigenvalue weighted by Gasteiger charge is 2.58. The summed E-state index contributed by atoms with van der Waals surface area (Å²) in [4.78, 5) is 13.2. The number of hydrogen-bond donors (Lipinski definition) is 1. The van der Waals surface area contributed by atoms with Crippen molar-refractivity contribution >= 4 is 5.78 Å². The van der Waals surface area contributed by atoms with Crippen molar-refractivity contribution in [2.45, 2.75) is 77.9 Å². The lowest BCUT2D eigenvalue weighted by Crippen LogP contribution is -2.50. The number of rotatable bonds is 3. The maximum atomic E-state index is 13.2. The van der Waals surface area contributed by atoms with Crippen LogP contribution >= 0.6 is 0 Å². The molecule has 0 amide bonds. The summed E-state index contributed by atoms with van der Waals surface area (Å²) in [6.45, 7) is 7.09. The molecule has 1 aromatic rings. The highest BCUT2D eigenvalue weighted by molar-refractivity contribution is 5.82. The van der Waals surface area contributed by atoms with E-state index in [0.717, 1.165) is 37.5 Å². The van der Waals surface area contributed by atoms with Gasteiger partial charge in [0.25, 0.3) is 0 Å². The molecule has 3 saturated carbocycles. The number of ketones is 1. The SMILES string of the molecule is CC1CC2C(=CCC3C2CCC2(C)C(C(=O)Cn4cccn4)CCC32)CC1(C)O. The zero-order valence-electron chi connectivity index (χ0n) is 18.2. The molecule has 5 rings (SSSR count). The Morgan fingerprint density at radius 2 is 2.10 bits per heavy atom. The Hall–Kier alpha value is -1.42. The molecule has 1 aromatic heterocycles. The van der Waals surface area contributed by atoms with E-state index in [2.05, 4.69) is 25.0 Å². The van der Waals surface area contributed by atoms with Gasteiger partial charge in [-0.1, -0.05) is 25.5 Å². The van der Waals surface area contributed by atoms with Crippen molar-refractivity contribution in [3.05, 3.63) is 30.1 Å². The Bertz CT molecular complexity index is 811. The van der Waals surface area contributed by atoms with Crippen molar-refractivity contribution in [1.82, 2.24) is 9.78 Å². The molecule has 8 unspecified atom stereocenters. The largest absolute Gasteiger partial charge is 0.390 e. The van der Waals surface area contributed by atoms with Gasteiger partial charge in [0.05, 0.1) is 12.1 Å². The van der Waals surface area contributed by atoms with Gasteiger partial charge in [0.2, 0.25) is 0 Å². The summed E-state index contributed by atoms with van der Waals surface area (Å²) in [5, 5.41) is 15.0. The van der Waals surface area contributed by atoms with Crippen molar-refractivity contribution in [2.24, 2.45) is 40.9 Å². The van der Waals surface area contributed by atoms with Crippen molar-refractivity contribution < 1.29 is 9.90 Å². The molecule has 4 nitrogen and oxygen atoms in total. The molecule has 4 heteroatoms. The van der Waals surface area contributed by atoms with Gasteiger partial charge in [-0.15, -0.1) is 0 Å². The van der Waals surface area contributed by atoms with Crippen molar-refractivity contribution in [1.29, 1.82) is 0 Å². The lowest BCUT2D eigenvalue weighted by atomic mass is 9.50. The van der Waals surface area contributed by atoms with Crippen LogP contribution in [0.3, 0.4) is 0 Å². The lowest BCUT2D eigenvalue weighted by Gasteiger charge is -2.55. The second-order valence-electron chi connectivity index (χ2n) is 11.1. The van der Waals surface area contributed by atoms with E-state index >= 15 is 0 Å². The molecule has 0 spiro atoms. The summed E-state index contributed by atoms with van der Waals surface area (Å²) in [5.74, 6) is 3.74. The summed E-state index contributed by atoms with van der Waals surface area (Å²) in [5.41, 5.74) is 1.14. The van der Waals surface area contributed by atoms with Crippen LogP contribution in [0.5, 0.6) is 0 Å².